The number of nitrogen functional groups attached to an aromatic ring is 1. The largest absolute Gasteiger partial charge is 0.434 e. The molecule has 34 heavy (non-hydrogen) atoms. The van der Waals surface area contributed by atoms with Crippen LogP contribution in [0.15, 0.2) is 54.6 Å². The highest BCUT2D eigenvalue weighted by Gasteiger charge is 2.50. The zero-order valence-electron chi connectivity index (χ0n) is 17.3. The zero-order chi connectivity index (χ0) is 24.0. The van der Waals surface area contributed by atoms with Crippen molar-refractivity contribution < 1.29 is 36.5 Å². The van der Waals surface area contributed by atoms with E-state index in [4.69, 9.17) is 10.6 Å². The molecule has 3 aliphatic heterocycles. The number of anilines is 2. The van der Waals surface area contributed by atoms with Gasteiger partial charge in [-0.25, -0.2) is 19.2 Å². The second-order valence-electron chi connectivity index (χ2n) is 7.66. The normalized spacial score (nSPS) is 21.9. The summed E-state index contributed by atoms with van der Waals surface area (Å²) in [6.45, 7) is -0.592. The molecule has 2 unspecified atom stereocenters. The lowest BCUT2D eigenvalue weighted by Gasteiger charge is -2.21. The van der Waals surface area contributed by atoms with Crippen molar-refractivity contribution in [1.82, 2.24) is 15.4 Å². The summed E-state index contributed by atoms with van der Waals surface area (Å²) in [4.78, 5) is 26.1. The molecular weight excluding hydrogens is 460 g/mol. The van der Waals surface area contributed by atoms with E-state index in [-0.39, 0.29) is 35.7 Å². The van der Waals surface area contributed by atoms with Crippen molar-refractivity contribution in [2.45, 2.75) is 24.9 Å². The van der Waals surface area contributed by atoms with Crippen LogP contribution in [0.2, 0.25) is 0 Å². The van der Waals surface area contributed by atoms with Crippen LogP contribution in [0.25, 0.3) is 0 Å². The van der Waals surface area contributed by atoms with E-state index >= 15 is 0 Å². The molecule has 13 heteroatoms. The average Bonchev–Trinajstić information content (AvgIpc) is 3.42. The van der Waals surface area contributed by atoms with Crippen molar-refractivity contribution in [1.29, 1.82) is 0 Å². The molecule has 3 aliphatic rings. The number of nitrogens with two attached hydrogens (primary N) is 1. The first-order valence-electron chi connectivity index (χ1n) is 10.1. The molecule has 2 atom stereocenters. The first-order chi connectivity index (χ1) is 16.2. The molecule has 4 heterocycles. The molecule has 1 fully saturated rings. The molecule has 1 saturated heterocycles. The highest BCUT2D eigenvalue weighted by atomic mass is 19.4. The molecule has 2 aromatic rings. The van der Waals surface area contributed by atoms with E-state index in [0.29, 0.717) is 11.3 Å². The van der Waals surface area contributed by atoms with Crippen molar-refractivity contribution in [2.24, 2.45) is 0 Å². The number of nitrogens with zero attached hydrogens (tertiary/aromatic N) is 4. The second-order valence-corrected chi connectivity index (χ2v) is 7.66. The van der Waals surface area contributed by atoms with E-state index in [0.717, 1.165) is 16.8 Å². The fourth-order valence-corrected chi connectivity index (χ4v) is 3.76. The van der Waals surface area contributed by atoms with Crippen LogP contribution < -0.4 is 16.1 Å². The molecule has 0 spiro atoms. The summed E-state index contributed by atoms with van der Waals surface area (Å²) < 4.78 is 59.3. The van der Waals surface area contributed by atoms with Gasteiger partial charge in [0.25, 0.3) is 5.71 Å². The number of benzene rings is 1. The standard InChI is InChI=1S/C21H17F4N6O3/c22-12-4-2-1-3-11(12)9-30-14(13-5-6-33-29-13)7-15(30)19-27-8-16(18(26)28-19)31-10-17(21(23,24)25)34-20(31)32/h1-8,13,17,29H,9-10H2,(H2,26,27,28)/q+1. The number of rotatable bonds is 5. The van der Waals surface area contributed by atoms with Gasteiger partial charge in [-0.1, -0.05) is 12.1 Å². The first-order valence-corrected chi connectivity index (χ1v) is 10.1. The Morgan fingerprint density at radius 2 is 2.09 bits per heavy atom. The van der Waals surface area contributed by atoms with Crippen LogP contribution in [0, 0.1) is 5.82 Å². The minimum absolute atomic E-state index is 0.0981. The van der Waals surface area contributed by atoms with Gasteiger partial charge in [-0.2, -0.15) is 17.7 Å². The van der Waals surface area contributed by atoms with Crippen LogP contribution in [0.5, 0.6) is 0 Å². The smallest absolute Gasteiger partial charge is 0.427 e. The molecule has 1 amide bonds. The number of amides is 1. The maximum Gasteiger partial charge on any atom is 0.427 e. The van der Waals surface area contributed by atoms with Crippen LogP contribution >= 0.6 is 0 Å². The quantitative estimate of drug-likeness (QED) is 0.503. The third-order valence-electron chi connectivity index (χ3n) is 5.52. The molecular formula is C21H17F4N6O3+. The van der Waals surface area contributed by atoms with Gasteiger partial charge in [0.15, 0.2) is 12.4 Å². The van der Waals surface area contributed by atoms with E-state index in [1.165, 1.54) is 12.3 Å². The number of nitrogens with one attached hydrogen (secondary N) is 1. The molecule has 1 aromatic carbocycles. The van der Waals surface area contributed by atoms with Gasteiger partial charge in [-0.15, -0.1) is 5.48 Å². The fraction of sp³-hybridized carbons (Fsp3) is 0.238. The van der Waals surface area contributed by atoms with Crippen molar-refractivity contribution in [3.63, 3.8) is 0 Å². The van der Waals surface area contributed by atoms with Gasteiger partial charge in [-0.05, 0) is 18.2 Å². The van der Waals surface area contributed by atoms with Crippen molar-refractivity contribution in [3.8, 4) is 0 Å². The number of ether oxygens (including phenoxy) is 1. The second kappa shape index (κ2) is 8.09. The fourth-order valence-electron chi connectivity index (χ4n) is 3.76. The number of hydrogen-bond acceptors (Lipinski definition) is 7. The number of carbonyl (C=O) groups excluding carboxylic acids is 1. The number of allylic oxidation sites excluding steroid dienone is 1. The van der Waals surface area contributed by atoms with E-state index in [2.05, 4.69) is 20.2 Å². The minimum atomic E-state index is -4.71. The Morgan fingerprint density at radius 1 is 1.29 bits per heavy atom. The van der Waals surface area contributed by atoms with Crippen LogP contribution in [0.3, 0.4) is 0 Å². The van der Waals surface area contributed by atoms with Crippen LogP contribution in [0.4, 0.5) is 33.9 Å². The monoisotopic (exact) mass is 477 g/mol. The van der Waals surface area contributed by atoms with Gasteiger partial charge in [0.2, 0.25) is 17.6 Å². The Bertz CT molecular complexity index is 1260. The van der Waals surface area contributed by atoms with E-state index in [9.17, 15) is 22.4 Å². The molecule has 0 bridgehead atoms. The summed E-state index contributed by atoms with van der Waals surface area (Å²) >= 11 is 0. The predicted molar refractivity (Wildman–Crippen MR) is 110 cm³/mol. The first kappa shape index (κ1) is 21.8. The van der Waals surface area contributed by atoms with Gasteiger partial charge in [0.05, 0.1) is 24.4 Å². The Labute approximate surface area is 189 Å². The highest BCUT2D eigenvalue weighted by molar-refractivity contribution is 6.06. The molecule has 0 saturated carbocycles. The molecule has 9 nitrogen and oxygen atoms in total. The van der Waals surface area contributed by atoms with Crippen molar-refractivity contribution in [3.05, 3.63) is 71.8 Å². The lowest BCUT2D eigenvalue weighted by atomic mass is 10.0. The van der Waals surface area contributed by atoms with Gasteiger partial charge < -0.3 is 15.3 Å². The minimum Gasteiger partial charge on any atom is -0.434 e. The summed E-state index contributed by atoms with van der Waals surface area (Å²) in [6, 6.07) is 6.00. The molecule has 5 rings (SSSR count). The molecule has 0 radical (unpaired) electrons. The summed E-state index contributed by atoms with van der Waals surface area (Å²) in [7, 11) is 0. The topological polar surface area (TPSA) is 106 Å². The highest BCUT2D eigenvalue weighted by Crippen LogP contribution is 2.33. The number of hydroxylamine groups is 1. The van der Waals surface area contributed by atoms with Crippen LogP contribution in [-0.2, 0) is 16.1 Å². The van der Waals surface area contributed by atoms with E-state index in [1.54, 1.807) is 34.9 Å². The summed E-state index contributed by atoms with van der Waals surface area (Å²) in [5.41, 5.74) is 10.4. The average molecular weight is 477 g/mol. The summed E-state index contributed by atoms with van der Waals surface area (Å²) in [5.74, 6) is -0.432. The Kier molecular flexibility index (Phi) is 5.20. The summed E-state index contributed by atoms with van der Waals surface area (Å²) in [5, 5.41) is 0. The van der Waals surface area contributed by atoms with Crippen LogP contribution in [0.1, 0.15) is 11.4 Å². The lowest BCUT2D eigenvalue weighted by Crippen LogP contribution is -2.40. The Balaban J connectivity index is 1.45. The van der Waals surface area contributed by atoms with Crippen molar-refractivity contribution >= 4 is 23.3 Å². The molecule has 1 aromatic heterocycles. The number of hydrogen-bond donors (Lipinski definition) is 2. The maximum absolute atomic E-state index is 14.3. The predicted octanol–water partition coefficient (Wildman–Crippen LogP) is 2.40. The van der Waals surface area contributed by atoms with E-state index < -0.39 is 24.9 Å². The number of cyclic esters (lactones) is 1. The number of carbonyl (C=O) groups is 1. The van der Waals surface area contributed by atoms with Gasteiger partial charge in [-0.3, -0.25) is 4.90 Å². The third kappa shape index (κ3) is 3.83. The van der Waals surface area contributed by atoms with Gasteiger partial charge in [0, 0.05) is 0 Å². The Morgan fingerprint density at radius 3 is 2.74 bits per heavy atom. The van der Waals surface area contributed by atoms with Gasteiger partial charge in [0.1, 0.15) is 23.8 Å². The summed E-state index contributed by atoms with van der Waals surface area (Å²) in [6.07, 6.45) is -1.99. The lowest BCUT2D eigenvalue weighted by molar-refractivity contribution is -0.508. The van der Waals surface area contributed by atoms with Crippen molar-refractivity contribution in [2.75, 3.05) is 17.2 Å². The molecule has 3 N–H and O–H groups in total. The third-order valence-corrected chi connectivity index (χ3v) is 5.52. The number of alkyl halides is 3. The van der Waals surface area contributed by atoms with Crippen LogP contribution in [-0.4, -0.2) is 51.2 Å². The van der Waals surface area contributed by atoms with Gasteiger partial charge >= 0.3 is 12.3 Å². The molecule has 176 valence electrons. The number of aromatic nitrogens is 2. The maximum atomic E-state index is 14.3. The number of halogens is 4. The Hall–Kier alpha value is -4.00. The van der Waals surface area contributed by atoms with E-state index in [1.807, 2.05) is 0 Å². The molecule has 0 aliphatic carbocycles. The SMILES string of the molecule is Nc1nc(C2=[N+](Cc3ccccc3F)C(C3C=CON3)=C2)ncc1N1CC(C(F)(F)F)OC1=O. The zero-order valence-corrected chi connectivity index (χ0v) is 17.3.